The summed E-state index contributed by atoms with van der Waals surface area (Å²) in [6.45, 7) is 0.434. The summed E-state index contributed by atoms with van der Waals surface area (Å²) in [5.41, 5.74) is 5.17. The normalized spacial score (nSPS) is 10.7. The number of carbonyl (C=O) groups is 1. The van der Waals surface area contributed by atoms with Gasteiger partial charge >= 0.3 is 0 Å². The highest BCUT2D eigenvalue weighted by Gasteiger charge is 2.08. The Labute approximate surface area is 190 Å². The number of carbonyl (C=O) groups excluding carboxylic acids is 1. The van der Waals surface area contributed by atoms with E-state index in [1.54, 1.807) is 32.6 Å². The molecular formula is C24H23BrN2O4. The molecule has 0 atom stereocenters. The molecule has 0 spiro atoms. The van der Waals surface area contributed by atoms with Crippen molar-refractivity contribution in [1.82, 2.24) is 5.43 Å². The Bertz CT molecular complexity index is 1050. The molecule has 160 valence electrons. The van der Waals surface area contributed by atoms with E-state index in [2.05, 4.69) is 26.5 Å². The Morgan fingerprint density at radius 3 is 2.39 bits per heavy atom. The molecule has 0 saturated heterocycles. The van der Waals surface area contributed by atoms with Gasteiger partial charge in [-0.1, -0.05) is 46.3 Å². The second kappa shape index (κ2) is 11.2. The first-order valence-corrected chi connectivity index (χ1v) is 10.4. The summed E-state index contributed by atoms with van der Waals surface area (Å²) in [5, 5.41) is 4.07. The Morgan fingerprint density at radius 2 is 1.65 bits per heavy atom. The summed E-state index contributed by atoms with van der Waals surface area (Å²) in [7, 11) is 3.13. The molecule has 1 N–H and O–H groups in total. The SMILES string of the molecule is COc1ccc(CC(=O)N/N=C/c2ccccc2OCc2ccc(Br)cc2)cc1OC. The van der Waals surface area contributed by atoms with Crippen molar-refractivity contribution in [2.24, 2.45) is 5.10 Å². The van der Waals surface area contributed by atoms with E-state index in [0.717, 1.165) is 21.2 Å². The number of benzene rings is 3. The van der Waals surface area contributed by atoms with Gasteiger partial charge in [-0.15, -0.1) is 0 Å². The highest BCUT2D eigenvalue weighted by molar-refractivity contribution is 9.10. The first kappa shape index (κ1) is 22.4. The number of nitrogens with one attached hydrogen (secondary N) is 1. The molecule has 0 aliphatic heterocycles. The van der Waals surface area contributed by atoms with E-state index < -0.39 is 0 Å². The van der Waals surface area contributed by atoms with Crippen molar-refractivity contribution >= 4 is 28.1 Å². The lowest BCUT2D eigenvalue weighted by Crippen LogP contribution is -2.19. The zero-order chi connectivity index (χ0) is 22.1. The third-order valence-electron chi connectivity index (χ3n) is 4.43. The number of ether oxygens (including phenoxy) is 3. The first-order chi connectivity index (χ1) is 15.1. The second-order valence-electron chi connectivity index (χ2n) is 6.61. The third-order valence-corrected chi connectivity index (χ3v) is 4.96. The maximum atomic E-state index is 12.2. The molecule has 6 nitrogen and oxygen atoms in total. The summed E-state index contributed by atoms with van der Waals surface area (Å²) in [5.74, 6) is 1.64. The van der Waals surface area contributed by atoms with Gasteiger partial charge in [0, 0.05) is 10.0 Å². The summed E-state index contributed by atoms with van der Waals surface area (Å²) in [6.07, 6.45) is 1.74. The zero-order valence-electron chi connectivity index (χ0n) is 17.3. The van der Waals surface area contributed by atoms with Gasteiger partial charge in [0.1, 0.15) is 12.4 Å². The van der Waals surface area contributed by atoms with Gasteiger partial charge in [0.05, 0.1) is 26.9 Å². The molecule has 0 aliphatic carbocycles. The minimum atomic E-state index is -0.239. The van der Waals surface area contributed by atoms with Gasteiger partial charge in [0.2, 0.25) is 5.91 Å². The fraction of sp³-hybridized carbons (Fsp3) is 0.167. The molecule has 3 aromatic carbocycles. The Hall–Kier alpha value is -3.32. The van der Waals surface area contributed by atoms with Crippen LogP contribution in [-0.4, -0.2) is 26.3 Å². The van der Waals surface area contributed by atoms with Crippen molar-refractivity contribution in [2.75, 3.05) is 14.2 Å². The van der Waals surface area contributed by atoms with Crippen LogP contribution in [0, 0.1) is 0 Å². The van der Waals surface area contributed by atoms with Gasteiger partial charge in [-0.25, -0.2) is 5.43 Å². The average molecular weight is 483 g/mol. The number of nitrogens with zero attached hydrogens (tertiary/aromatic N) is 1. The maximum Gasteiger partial charge on any atom is 0.244 e. The lowest BCUT2D eigenvalue weighted by atomic mass is 10.1. The Kier molecular flexibility index (Phi) is 8.06. The second-order valence-corrected chi connectivity index (χ2v) is 7.53. The third kappa shape index (κ3) is 6.58. The van der Waals surface area contributed by atoms with E-state index in [1.807, 2.05) is 54.6 Å². The minimum absolute atomic E-state index is 0.166. The number of hydrogen-bond donors (Lipinski definition) is 1. The standard InChI is InChI=1S/C24H23BrN2O4/c1-29-22-12-9-18(13-23(22)30-2)14-24(28)27-26-15-19-5-3-4-6-21(19)31-16-17-7-10-20(25)11-8-17/h3-13,15H,14,16H2,1-2H3,(H,27,28)/b26-15+. The monoisotopic (exact) mass is 482 g/mol. The number of methoxy groups -OCH3 is 2. The van der Waals surface area contributed by atoms with Gasteiger partial charge in [-0.05, 0) is 47.5 Å². The molecule has 3 aromatic rings. The molecule has 0 aliphatic rings. The number of rotatable bonds is 9. The van der Waals surface area contributed by atoms with Gasteiger partial charge in [-0.3, -0.25) is 4.79 Å². The number of hydrazone groups is 1. The highest BCUT2D eigenvalue weighted by atomic mass is 79.9. The van der Waals surface area contributed by atoms with E-state index in [1.165, 1.54) is 0 Å². The van der Waals surface area contributed by atoms with Crippen LogP contribution in [0.3, 0.4) is 0 Å². The molecular weight excluding hydrogens is 460 g/mol. The van der Waals surface area contributed by atoms with Crippen LogP contribution in [0.2, 0.25) is 0 Å². The number of amides is 1. The van der Waals surface area contributed by atoms with Crippen LogP contribution in [0.4, 0.5) is 0 Å². The molecule has 7 heteroatoms. The van der Waals surface area contributed by atoms with Crippen LogP contribution in [0.25, 0.3) is 0 Å². The lowest BCUT2D eigenvalue weighted by Gasteiger charge is -2.10. The zero-order valence-corrected chi connectivity index (χ0v) is 18.9. The van der Waals surface area contributed by atoms with E-state index in [9.17, 15) is 4.79 Å². The molecule has 0 saturated carbocycles. The Morgan fingerprint density at radius 1 is 0.935 bits per heavy atom. The number of halogens is 1. The smallest absolute Gasteiger partial charge is 0.244 e. The van der Waals surface area contributed by atoms with Gasteiger partial charge < -0.3 is 14.2 Å². The van der Waals surface area contributed by atoms with Crippen LogP contribution < -0.4 is 19.6 Å². The summed E-state index contributed by atoms with van der Waals surface area (Å²) < 4.78 is 17.4. The fourth-order valence-corrected chi connectivity index (χ4v) is 3.11. The quantitative estimate of drug-likeness (QED) is 0.353. The van der Waals surface area contributed by atoms with Crippen molar-refractivity contribution in [3.8, 4) is 17.2 Å². The molecule has 1 amide bonds. The van der Waals surface area contributed by atoms with E-state index in [-0.39, 0.29) is 12.3 Å². The van der Waals surface area contributed by atoms with Crippen LogP contribution in [0.5, 0.6) is 17.2 Å². The van der Waals surface area contributed by atoms with Crippen molar-refractivity contribution in [1.29, 1.82) is 0 Å². The number of hydrogen-bond acceptors (Lipinski definition) is 5. The molecule has 0 fully saturated rings. The molecule has 3 rings (SSSR count). The predicted molar refractivity (Wildman–Crippen MR) is 124 cm³/mol. The molecule has 31 heavy (non-hydrogen) atoms. The first-order valence-electron chi connectivity index (χ1n) is 9.58. The van der Waals surface area contributed by atoms with Crippen LogP contribution in [0.15, 0.2) is 76.3 Å². The highest BCUT2D eigenvalue weighted by Crippen LogP contribution is 2.27. The lowest BCUT2D eigenvalue weighted by molar-refractivity contribution is -0.120. The average Bonchev–Trinajstić information content (AvgIpc) is 2.79. The van der Waals surface area contributed by atoms with Crippen molar-refractivity contribution in [3.63, 3.8) is 0 Å². The van der Waals surface area contributed by atoms with Crippen LogP contribution >= 0.6 is 15.9 Å². The van der Waals surface area contributed by atoms with Gasteiger partial charge in [-0.2, -0.15) is 5.10 Å². The summed E-state index contributed by atoms with van der Waals surface area (Å²) >= 11 is 3.42. The molecule has 0 heterocycles. The topological polar surface area (TPSA) is 69.2 Å². The van der Waals surface area contributed by atoms with E-state index >= 15 is 0 Å². The Balaban J connectivity index is 1.58. The van der Waals surface area contributed by atoms with Crippen LogP contribution in [-0.2, 0) is 17.8 Å². The van der Waals surface area contributed by atoms with Gasteiger partial charge in [0.15, 0.2) is 11.5 Å². The molecule has 0 radical (unpaired) electrons. The van der Waals surface area contributed by atoms with E-state index in [4.69, 9.17) is 14.2 Å². The minimum Gasteiger partial charge on any atom is -0.493 e. The summed E-state index contributed by atoms with van der Waals surface area (Å²) in [6, 6.07) is 20.8. The van der Waals surface area contributed by atoms with Crippen molar-refractivity contribution in [3.05, 3.63) is 87.9 Å². The predicted octanol–water partition coefficient (Wildman–Crippen LogP) is 4.74. The fourth-order valence-electron chi connectivity index (χ4n) is 2.85. The summed E-state index contributed by atoms with van der Waals surface area (Å²) in [4.78, 5) is 12.2. The van der Waals surface area contributed by atoms with Crippen molar-refractivity contribution in [2.45, 2.75) is 13.0 Å². The largest absolute Gasteiger partial charge is 0.493 e. The maximum absolute atomic E-state index is 12.2. The van der Waals surface area contributed by atoms with Crippen LogP contribution in [0.1, 0.15) is 16.7 Å². The molecule has 0 aromatic heterocycles. The number of para-hydroxylation sites is 1. The van der Waals surface area contributed by atoms with E-state index in [0.29, 0.717) is 23.9 Å². The molecule has 0 unspecified atom stereocenters. The molecule has 0 bridgehead atoms. The van der Waals surface area contributed by atoms with Gasteiger partial charge in [0.25, 0.3) is 0 Å². The van der Waals surface area contributed by atoms with Crippen molar-refractivity contribution < 1.29 is 19.0 Å².